The summed E-state index contributed by atoms with van der Waals surface area (Å²) in [7, 11) is 1.42. The number of phenols is 1. The number of aryl methyl sites for hydroxylation is 1. The van der Waals surface area contributed by atoms with Crippen molar-refractivity contribution in [3.8, 4) is 17.6 Å². The molecule has 0 aliphatic heterocycles. The van der Waals surface area contributed by atoms with Gasteiger partial charge in [-0.25, -0.2) is 5.43 Å². The Labute approximate surface area is 165 Å². The zero-order valence-corrected chi connectivity index (χ0v) is 15.9. The van der Waals surface area contributed by atoms with Crippen molar-refractivity contribution < 1.29 is 19.4 Å². The molecule has 3 N–H and O–H groups in total. The van der Waals surface area contributed by atoms with E-state index < -0.39 is 11.8 Å². The first-order valence-electron chi connectivity index (χ1n) is 8.60. The summed E-state index contributed by atoms with van der Waals surface area (Å²) in [6.07, 6.45) is 4.96. The molecular formula is C19H18N4O4S. The van der Waals surface area contributed by atoms with E-state index in [1.807, 2.05) is 0 Å². The Kier molecular flexibility index (Phi) is 5.91. The van der Waals surface area contributed by atoms with Crippen LogP contribution >= 0.6 is 11.3 Å². The molecule has 0 fully saturated rings. The molecule has 1 aliphatic carbocycles. The van der Waals surface area contributed by atoms with Gasteiger partial charge in [0.2, 0.25) is 0 Å². The number of hydrogen-bond acceptors (Lipinski definition) is 7. The maximum Gasteiger partial charge on any atom is 0.329 e. The third-order valence-corrected chi connectivity index (χ3v) is 5.54. The lowest BCUT2D eigenvalue weighted by atomic mass is 9.96. The number of benzene rings is 1. The predicted octanol–water partition coefficient (Wildman–Crippen LogP) is 2.30. The molecule has 144 valence electrons. The van der Waals surface area contributed by atoms with Gasteiger partial charge >= 0.3 is 11.8 Å². The topological polar surface area (TPSA) is 124 Å². The maximum atomic E-state index is 12.1. The average Bonchev–Trinajstić information content (AvgIpc) is 3.06. The van der Waals surface area contributed by atoms with Crippen molar-refractivity contribution in [2.45, 2.75) is 25.7 Å². The Hall–Kier alpha value is -3.38. The summed E-state index contributed by atoms with van der Waals surface area (Å²) in [6.45, 7) is 0. The summed E-state index contributed by atoms with van der Waals surface area (Å²) in [5.74, 6) is -1.76. The predicted molar refractivity (Wildman–Crippen MR) is 105 cm³/mol. The summed E-state index contributed by atoms with van der Waals surface area (Å²) < 4.78 is 4.99. The van der Waals surface area contributed by atoms with Gasteiger partial charge in [0.15, 0.2) is 11.5 Å². The lowest BCUT2D eigenvalue weighted by Crippen LogP contribution is -2.32. The molecule has 2 amide bonds. The molecule has 0 atom stereocenters. The molecule has 8 nitrogen and oxygen atoms in total. The van der Waals surface area contributed by atoms with Crippen LogP contribution < -0.4 is 15.5 Å². The highest BCUT2D eigenvalue weighted by molar-refractivity contribution is 7.16. The number of amides is 2. The molecule has 1 aromatic carbocycles. The van der Waals surface area contributed by atoms with E-state index >= 15 is 0 Å². The van der Waals surface area contributed by atoms with Crippen LogP contribution in [-0.4, -0.2) is 30.2 Å². The van der Waals surface area contributed by atoms with Crippen molar-refractivity contribution in [1.29, 1.82) is 5.26 Å². The average molecular weight is 398 g/mol. The van der Waals surface area contributed by atoms with Crippen LogP contribution in [0.2, 0.25) is 0 Å². The monoisotopic (exact) mass is 398 g/mol. The number of carbonyl (C=O) groups excluding carboxylic acids is 2. The summed E-state index contributed by atoms with van der Waals surface area (Å²) in [5.41, 5.74) is 3.83. The van der Waals surface area contributed by atoms with E-state index in [4.69, 9.17) is 4.74 Å². The first-order valence-corrected chi connectivity index (χ1v) is 9.41. The molecule has 28 heavy (non-hydrogen) atoms. The van der Waals surface area contributed by atoms with Gasteiger partial charge in [-0.15, -0.1) is 11.3 Å². The van der Waals surface area contributed by atoms with Crippen LogP contribution in [-0.2, 0) is 22.4 Å². The van der Waals surface area contributed by atoms with Gasteiger partial charge in [0.1, 0.15) is 11.1 Å². The number of aromatic hydroxyl groups is 1. The Morgan fingerprint density at radius 3 is 2.86 bits per heavy atom. The van der Waals surface area contributed by atoms with Gasteiger partial charge < -0.3 is 15.2 Å². The number of carbonyl (C=O) groups is 2. The Morgan fingerprint density at radius 1 is 1.32 bits per heavy atom. The number of rotatable bonds is 4. The van der Waals surface area contributed by atoms with Crippen LogP contribution in [0, 0.1) is 11.3 Å². The maximum absolute atomic E-state index is 12.1. The highest BCUT2D eigenvalue weighted by atomic mass is 32.1. The third-order valence-electron chi connectivity index (χ3n) is 4.34. The van der Waals surface area contributed by atoms with Gasteiger partial charge in [0.05, 0.1) is 18.9 Å². The molecular weight excluding hydrogens is 380 g/mol. The van der Waals surface area contributed by atoms with Gasteiger partial charge in [-0.2, -0.15) is 10.4 Å². The highest BCUT2D eigenvalue weighted by Gasteiger charge is 2.23. The summed E-state index contributed by atoms with van der Waals surface area (Å²) in [5, 5.41) is 25.9. The zero-order valence-electron chi connectivity index (χ0n) is 15.1. The van der Waals surface area contributed by atoms with Crippen LogP contribution in [0.25, 0.3) is 0 Å². The molecule has 1 heterocycles. The number of nitrogens with zero attached hydrogens (tertiary/aromatic N) is 2. The lowest BCUT2D eigenvalue weighted by Gasteiger charge is -2.09. The second kappa shape index (κ2) is 8.54. The van der Waals surface area contributed by atoms with Crippen molar-refractivity contribution in [2.24, 2.45) is 5.10 Å². The Balaban J connectivity index is 1.65. The van der Waals surface area contributed by atoms with Crippen molar-refractivity contribution in [3.05, 3.63) is 39.8 Å². The van der Waals surface area contributed by atoms with Crippen molar-refractivity contribution in [1.82, 2.24) is 5.43 Å². The third kappa shape index (κ3) is 3.97. The number of hydrazone groups is 1. The fraction of sp³-hybridized carbons (Fsp3) is 0.263. The quantitative estimate of drug-likeness (QED) is 0.414. The normalized spacial score (nSPS) is 12.9. The van der Waals surface area contributed by atoms with Crippen LogP contribution in [0.15, 0.2) is 23.3 Å². The summed E-state index contributed by atoms with van der Waals surface area (Å²) in [4.78, 5) is 25.2. The standard InChI is InChI=1S/C19H18N4O4S/c1-27-14-7-4-5-11(16(14)24)10-21-23-18(26)17(25)22-19-13(9-20)12-6-2-3-8-15(12)28-19/h4-5,7,10,24H,2-3,6,8H2,1H3,(H,22,25)(H,23,26). The Bertz CT molecular complexity index is 991. The molecule has 0 spiro atoms. The van der Waals surface area contributed by atoms with E-state index in [0.717, 1.165) is 36.1 Å². The first-order chi connectivity index (χ1) is 13.5. The number of thiophene rings is 1. The van der Waals surface area contributed by atoms with E-state index in [-0.39, 0.29) is 11.5 Å². The Morgan fingerprint density at radius 2 is 2.11 bits per heavy atom. The second-order valence-corrected chi connectivity index (χ2v) is 7.18. The van der Waals surface area contributed by atoms with E-state index in [9.17, 15) is 20.0 Å². The number of methoxy groups -OCH3 is 1. The van der Waals surface area contributed by atoms with Gasteiger partial charge in [0.25, 0.3) is 0 Å². The molecule has 1 aromatic heterocycles. The van der Waals surface area contributed by atoms with Crippen LogP contribution in [0.1, 0.15) is 34.4 Å². The van der Waals surface area contributed by atoms with E-state index in [1.165, 1.54) is 24.7 Å². The van der Waals surface area contributed by atoms with Gasteiger partial charge in [0, 0.05) is 10.4 Å². The molecule has 0 bridgehead atoms. The molecule has 9 heteroatoms. The molecule has 0 unspecified atom stereocenters. The number of nitriles is 1. The van der Waals surface area contributed by atoms with Crippen LogP contribution in [0.5, 0.6) is 11.5 Å². The minimum Gasteiger partial charge on any atom is -0.504 e. The van der Waals surface area contributed by atoms with Crippen molar-refractivity contribution >= 4 is 34.4 Å². The number of phenolic OH excluding ortho intramolecular Hbond substituents is 1. The number of para-hydroxylation sites is 1. The molecule has 3 rings (SSSR count). The number of anilines is 1. The minimum absolute atomic E-state index is 0.129. The lowest BCUT2D eigenvalue weighted by molar-refractivity contribution is -0.136. The molecule has 0 radical (unpaired) electrons. The SMILES string of the molecule is COc1cccc(C=NNC(=O)C(=O)Nc2sc3c(c2C#N)CCCC3)c1O. The molecule has 0 saturated carbocycles. The largest absolute Gasteiger partial charge is 0.504 e. The zero-order chi connectivity index (χ0) is 20.1. The summed E-state index contributed by atoms with van der Waals surface area (Å²) >= 11 is 1.34. The van der Waals surface area contributed by atoms with Crippen molar-refractivity contribution in [3.63, 3.8) is 0 Å². The molecule has 0 saturated heterocycles. The van der Waals surface area contributed by atoms with E-state index in [0.29, 0.717) is 16.1 Å². The summed E-state index contributed by atoms with van der Waals surface area (Å²) in [6, 6.07) is 6.92. The van der Waals surface area contributed by atoms with Gasteiger partial charge in [-0.05, 0) is 43.4 Å². The van der Waals surface area contributed by atoms with Crippen LogP contribution in [0.3, 0.4) is 0 Å². The van der Waals surface area contributed by atoms with E-state index in [1.54, 1.807) is 18.2 Å². The first kappa shape index (κ1) is 19.4. The molecule has 2 aromatic rings. The number of fused-ring (bicyclic) bond motifs is 1. The number of nitrogens with one attached hydrogen (secondary N) is 2. The van der Waals surface area contributed by atoms with Gasteiger partial charge in [-0.3, -0.25) is 9.59 Å². The highest BCUT2D eigenvalue weighted by Crippen LogP contribution is 2.37. The smallest absolute Gasteiger partial charge is 0.329 e. The fourth-order valence-corrected chi connectivity index (χ4v) is 4.19. The fourth-order valence-electron chi connectivity index (χ4n) is 2.95. The van der Waals surface area contributed by atoms with Crippen LogP contribution in [0.4, 0.5) is 5.00 Å². The molecule has 1 aliphatic rings. The number of ether oxygens (including phenoxy) is 1. The van der Waals surface area contributed by atoms with E-state index in [2.05, 4.69) is 21.9 Å². The minimum atomic E-state index is -0.978. The second-order valence-electron chi connectivity index (χ2n) is 6.08. The van der Waals surface area contributed by atoms with Crippen molar-refractivity contribution in [2.75, 3.05) is 12.4 Å². The van der Waals surface area contributed by atoms with Gasteiger partial charge in [-0.1, -0.05) is 6.07 Å². The number of hydrogen-bond donors (Lipinski definition) is 3.